The predicted molar refractivity (Wildman–Crippen MR) is 62.7 cm³/mol. The van der Waals surface area contributed by atoms with Gasteiger partial charge in [-0.05, 0) is 12.5 Å². The van der Waals surface area contributed by atoms with Gasteiger partial charge in [-0.2, -0.15) is 0 Å². The van der Waals surface area contributed by atoms with Gasteiger partial charge in [-0.1, -0.05) is 11.6 Å². The summed E-state index contributed by atoms with van der Waals surface area (Å²) in [7, 11) is 1.62. The zero-order valence-corrected chi connectivity index (χ0v) is 10.1. The average Bonchev–Trinajstić information content (AvgIpc) is 2.61. The molecule has 1 atom stereocenters. The summed E-state index contributed by atoms with van der Waals surface area (Å²) in [6.45, 7) is 0.582. The van der Waals surface area contributed by atoms with E-state index in [4.69, 9.17) is 22.1 Å². The van der Waals surface area contributed by atoms with Gasteiger partial charge in [0.05, 0.1) is 4.34 Å². The highest BCUT2D eigenvalue weighted by molar-refractivity contribution is 7.14. The molecule has 0 saturated carbocycles. The van der Waals surface area contributed by atoms with Crippen molar-refractivity contribution >= 4 is 28.7 Å². The first-order chi connectivity index (χ1) is 7.13. The molecule has 0 aromatic carbocycles. The smallest absolute Gasteiger partial charge is 0.165 e. The quantitative estimate of drug-likeness (QED) is 0.785. The molecule has 84 valence electrons. The summed E-state index contributed by atoms with van der Waals surface area (Å²) in [5.41, 5.74) is 6.43. The molecule has 0 aliphatic rings. The first-order valence-electron chi connectivity index (χ1n) is 4.65. The van der Waals surface area contributed by atoms with Crippen molar-refractivity contribution in [3.63, 3.8) is 0 Å². The molecule has 15 heavy (non-hydrogen) atoms. The van der Waals surface area contributed by atoms with Crippen LogP contribution >= 0.6 is 22.9 Å². The van der Waals surface area contributed by atoms with Crippen LogP contribution in [0.15, 0.2) is 11.4 Å². The number of rotatable bonds is 6. The Morgan fingerprint density at radius 3 is 3.00 bits per heavy atom. The lowest BCUT2D eigenvalue weighted by molar-refractivity contribution is 0.0967. The van der Waals surface area contributed by atoms with Crippen LogP contribution in [0.1, 0.15) is 23.2 Å². The minimum Gasteiger partial charge on any atom is -0.385 e. The van der Waals surface area contributed by atoms with E-state index < -0.39 is 0 Å². The molecule has 3 nitrogen and oxygen atoms in total. The molecule has 0 amide bonds. The summed E-state index contributed by atoms with van der Waals surface area (Å²) in [6.07, 6.45) is 1.04. The van der Waals surface area contributed by atoms with Gasteiger partial charge in [-0.25, -0.2) is 0 Å². The van der Waals surface area contributed by atoms with Crippen LogP contribution in [0, 0.1) is 0 Å². The maximum Gasteiger partial charge on any atom is 0.165 e. The molecule has 0 aliphatic carbocycles. The standard InChI is InChI=1S/C10H14ClNO2S/c1-14-3-2-8(12)5-9(13)7-4-10(11)15-6-7/h4,6,8H,2-3,5,12H2,1H3. The Labute approximate surface area is 98.2 Å². The molecule has 2 N–H and O–H groups in total. The Bertz CT molecular complexity index is 327. The molecular formula is C10H14ClNO2S. The molecule has 5 heteroatoms. The van der Waals surface area contributed by atoms with Crippen LogP contribution in [0.25, 0.3) is 0 Å². The van der Waals surface area contributed by atoms with E-state index in [1.165, 1.54) is 11.3 Å². The number of nitrogens with two attached hydrogens (primary N) is 1. The minimum atomic E-state index is -0.142. The molecule has 0 fully saturated rings. The van der Waals surface area contributed by atoms with Crippen LogP contribution in [0.3, 0.4) is 0 Å². The number of ketones is 1. The van der Waals surface area contributed by atoms with E-state index in [0.717, 1.165) is 0 Å². The fourth-order valence-corrected chi connectivity index (χ4v) is 2.07. The number of Topliss-reactive ketones (excluding diaryl/α,β-unsaturated/α-hetero) is 1. The minimum absolute atomic E-state index is 0.0433. The second-order valence-electron chi connectivity index (χ2n) is 3.31. The summed E-state index contributed by atoms with van der Waals surface area (Å²) in [5.74, 6) is 0.0433. The SMILES string of the molecule is COCCC(N)CC(=O)c1csc(Cl)c1. The highest BCUT2D eigenvalue weighted by Gasteiger charge is 2.12. The number of hydrogen-bond acceptors (Lipinski definition) is 4. The first kappa shape index (κ1) is 12.6. The summed E-state index contributed by atoms with van der Waals surface area (Å²) >= 11 is 7.10. The fourth-order valence-electron chi connectivity index (χ4n) is 1.18. The Kier molecular flexibility index (Phi) is 5.25. The third-order valence-corrected chi connectivity index (χ3v) is 3.12. The topological polar surface area (TPSA) is 52.3 Å². The predicted octanol–water partition coefficient (Wildman–Crippen LogP) is 2.34. The summed E-state index contributed by atoms with van der Waals surface area (Å²) in [5, 5.41) is 1.76. The summed E-state index contributed by atoms with van der Waals surface area (Å²) in [6, 6.07) is 1.54. The zero-order chi connectivity index (χ0) is 11.3. The summed E-state index contributed by atoms with van der Waals surface area (Å²) < 4.78 is 5.52. The number of hydrogen-bond donors (Lipinski definition) is 1. The van der Waals surface area contributed by atoms with Crippen molar-refractivity contribution in [1.82, 2.24) is 0 Å². The molecule has 0 spiro atoms. The van der Waals surface area contributed by atoms with Gasteiger partial charge in [-0.3, -0.25) is 4.79 Å². The molecule has 1 rings (SSSR count). The van der Waals surface area contributed by atoms with E-state index in [0.29, 0.717) is 29.3 Å². The van der Waals surface area contributed by atoms with E-state index in [9.17, 15) is 4.79 Å². The van der Waals surface area contributed by atoms with E-state index in [1.54, 1.807) is 18.6 Å². The number of halogens is 1. The maximum absolute atomic E-state index is 11.7. The van der Waals surface area contributed by atoms with Gasteiger partial charge >= 0.3 is 0 Å². The molecule has 0 aliphatic heterocycles. The molecule has 0 saturated heterocycles. The third kappa shape index (κ3) is 4.30. The van der Waals surface area contributed by atoms with Crippen LogP contribution < -0.4 is 5.73 Å². The van der Waals surface area contributed by atoms with Crippen molar-refractivity contribution in [2.45, 2.75) is 18.9 Å². The largest absolute Gasteiger partial charge is 0.385 e. The number of thiophene rings is 1. The van der Waals surface area contributed by atoms with Crippen molar-refractivity contribution < 1.29 is 9.53 Å². The van der Waals surface area contributed by atoms with Crippen molar-refractivity contribution in [3.05, 3.63) is 21.3 Å². The number of carbonyl (C=O) groups is 1. The Morgan fingerprint density at radius 1 is 1.73 bits per heavy atom. The lowest BCUT2D eigenvalue weighted by atomic mass is 10.1. The maximum atomic E-state index is 11.7. The van der Waals surface area contributed by atoms with Gasteiger partial charge in [0.15, 0.2) is 5.78 Å². The van der Waals surface area contributed by atoms with Crippen LogP contribution in [-0.2, 0) is 4.74 Å². The van der Waals surface area contributed by atoms with Crippen molar-refractivity contribution in [2.24, 2.45) is 5.73 Å². The molecule has 1 aromatic rings. The molecule has 1 unspecified atom stereocenters. The highest BCUT2D eigenvalue weighted by Crippen LogP contribution is 2.21. The van der Waals surface area contributed by atoms with E-state index in [-0.39, 0.29) is 11.8 Å². The van der Waals surface area contributed by atoms with Gasteiger partial charge in [0.25, 0.3) is 0 Å². The summed E-state index contributed by atoms with van der Waals surface area (Å²) in [4.78, 5) is 11.7. The zero-order valence-electron chi connectivity index (χ0n) is 8.53. The molecule has 0 bridgehead atoms. The van der Waals surface area contributed by atoms with Crippen LogP contribution in [0.4, 0.5) is 0 Å². The lowest BCUT2D eigenvalue weighted by Gasteiger charge is -2.08. The van der Waals surface area contributed by atoms with Crippen LogP contribution in [0.2, 0.25) is 4.34 Å². The van der Waals surface area contributed by atoms with Gasteiger partial charge < -0.3 is 10.5 Å². The van der Waals surface area contributed by atoms with Crippen LogP contribution in [-0.4, -0.2) is 25.5 Å². The van der Waals surface area contributed by atoms with E-state index >= 15 is 0 Å². The highest BCUT2D eigenvalue weighted by atomic mass is 35.5. The average molecular weight is 248 g/mol. The van der Waals surface area contributed by atoms with E-state index in [2.05, 4.69) is 0 Å². The number of methoxy groups -OCH3 is 1. The van der Waals surface area contributed by atoms with Gasteiger partial charge in [-0.15, -0.1) is 11.3 Å². The van der Waals surface area contributed by atoms with Crippen molar-refractivity contribution in [3.8, 4) is 0 Å². The molecule has 1 heterocycles. The molecule has 0 radical (unpaired) electrons. The second kappa shape index (κ2) is 6.23. The monoisotopic (exact) mass is 247 g/mol. The lowest BCUT2D eigenvalue weighted by Crippen LogP contribution is -2.25. The van der Waals surface area contributed by atoms with Gasteiger partial charge in [0.1, 0.15) is 0 Å². The first-order valence-corrected chi connectivity index (χ1v) is 5.91. The third-order valence-electron chi connectivity index (χ3n) is 2.03. The normalized spacial score (nSPS) is 12.7. The Morgan fingerprint density at radius 2 is 2.47 bits per heavy atom. The molecular weight excluding hydrogens is 234 g/mol. The van der Waals surface area contributed by atoms with Gasteiger partial charge in [0, 0.05) is 37.1 Å². The van der Waals surface area contributed by atoms with Gasteiger partial charge in [0.2, 0.25) is 0 Å². The fraction of sp³-hybridized carbons (Fsp3) is 0.500. The number of carbonyl (C=O) groups excluding carboxylic acids is 1. The molecule has 1 aromatic heterocycles. The van der Waals surface area contributed by atoms with Crippen molar-refractivity contribution in [2.75, 3.05) is 13.7 Å². The second-order valence-corrected chi connectivity index (χ2v) is 4.85. The van der Waals surface area contributed by atoms with Crippen LogP contribution in [0.5, 0.6) is 0 Å². The number of ether oxygens (including phenoxy) is 1. The Balaban J connectivity index is 2.42. The Hall–Kier alpha value is -0.420. The van der Waals surface area contributed by atoms with Crippen molar-refractivity contribution in [1.29, 1.82) is 0 Å². The van der Waals surface area contributed by atoms with E-state index in [1.807, 2.05) is 0 Å².